The second-order valence-corrected chi connectivity index (χ2v) is 15.0. The van der Waals surface area contributed by atoms with Gasteiger partial charge in [0.25, 0.3) is 11.8 Å². The van der Waals surface area contributed by atoms with Gasteiger partial charge >= 0.3 is 12.2 Å². The number of aromatic nitrogens is 4. The van der Waals surface area contributed by atoms with E-state index in [0.29, 0.717) is 52.4 Å². The van der Waals surface area contributed by atoms with Gasteiger partial charge in [-0.1, -0.05) is 18.2 Å². The molecule has 12 nitrogen and oxygen atoms in total. The van der Waals surface area contributed by atoms with E-state index in [0.717, 1.165) is 37.8 Å². The van der Waals surface area contributed by atoms with Crippen molar-refractivity contribution < 1.29 is 41.1 Å². The molecule has 1 saturated carbocycles. The Bertz CT molecular complexity index is 2360. The molecule has 1 atom stereocenters. The molecule has 3 aromatic heterocycles. The molecule has 2 N–H and O–H groups in total. The molecule has 4 amide bonds. The summed E-state index contributed by atoms with van der Waals surface area (Å²) >= 11 is 0. The second-order valence-electron chi connectivity index (χ2n) is 15.0. The molecular formula is C40H39F5N8O4. The summed E-state index contributed by atoms with van der Waals surface area (Å²) in [7, 11) is 1.41. The SMILES string of the molecule is COc1cc2nn([C@H]3CC[C@H](CN4CCC(c5ccc6c(N7CCC(=O)NC7=O)cncc6c5)C(F)(F)C4)CC3)cc2cc1NC(=O)c1cccc(C(F)(F)F)n1. The predicted molar refractivity (Wildman–Crippen MR) is 200 cm³/mol. The van der Waals surface area contributed by atoms with Crippen molar-refractivity contribution in [3.63, 3.8) is 0 Å². The van der Waals surface area contributed by atoms with Crippen LogP contribution in [0.15, 0.2) is 67.1 Å². The number of carbonyl (C=O) groups excluding carboxylic acids is 3. The van der Waals surface area contributed by atoms with Crippen molar-refractivity contribution in [2.45, 2.75) is 62.6 Å². The minimum absolute atomic E-state index is 0.0777. The van der Waals surface area contributed by atoms with E-state index in [2.05, 4.69) is 20.6 Å². The highest BCUT2D eigenvalue weighted by atomic mass is 19.4. The van der Waals surface area contributed by atoms with Gasteiger partial charge in [0.05, 0.1) is 48.7 Å². The predicted octanol–water partition coefficient (Wildman–Crippen LogP) is 7.56. The standard InChI is InChI=1S/C40H39F5N8O4/c1-57-34-17-31-26(16-32(34)48-37(55)30-3-2-4-35(47-30)40(43,44)45)21-53(50-31)27-8-5-23(6-9-27)20-51-13-11-29(39(41,42)22-51)24-7-10-28-25(15-24)18-46-19-33(28)52-14-12-36(54)49-38(52)56/h2-4,7,10,15-19,21,23,27,29H,5-6,8-9,11-14,20,22H2,1H3,(H,48,55)(H,49,54,56)/t23-,27-,29?. The van der Waals surface area contributed by atoms with Crippen LogP contribution in [0.5, 0.6) is 5.75 Å². The third-order valence-electron chi connectivity index (χ3n) is 11.3. The molecule has 57 heavy (non-hydrogen) atoms. The largest absolute Gasteiger partial charge is 0.494 e. The van der Waals surface area contributed by atoms with Crippen molar-refractivity contribution in [2.75, 3.05) is 43.5 Å². The van der Waals surface area contributed by atoms with Crippen molar-refractivity contribution in [3.8, 4) is 5.75 Å². The van der Waals surface area contributed by atoms with Crippen LogP contribution in [0.2, 0.25) is 0 Å². The molecule has 0 bridgehead atoms. The zero-order chi connectivity index (χ0) is 40.1. The molecule has 0 spiro atoms. The summed E-state index contributed by atoms with van der Waals surface area (Å²) in [6.45, 7) is 0.975. The number of carbonyl (C=O) groups is 3. The number of hydrogen-bond acceptors (Lipinski definition) is 8. The average molecular weight is 791 g/mol. The van der Waals surface area contributed by atoms with E-state index in [1.807, 2.05) is 15.8 Å². The number of halogens is 5. The summed E-state index contributed by atoms with van der Waals surface area (Å²) in [5, 5.41) is 11.7. The molecule has 2 aromatic carbocycles. The summed E-state index contributed by atoms with van der Waals surface area (Å²) in [5.41, 5.74) is 0.357. The zero-order valence-corrected chi connectivity index (χ0v) is 30.9. The first-order valence-corrected chi connectivity index (χ1v) is 18.8. The number of anilines is 2. The highest BCUT2D eigenvalue weighted by molar-refractivity contribution is 6.09. The Kier molecular flexibility index (Phi) is 10.0. The number of amides is 4. The van der Waals surface area contributed by atoms with Crippen LogP contribution in [0.25, 0.3) is 21.7 Å². The van der Waals surface area contributed by atoms with Crippen LogP contribution >= 0.6 is 0 Å². The molecule has 2 saturated heterocycles. The minimum atomic E-state index is -4.69. The normalized spacial score (nSPS) is 21.8. The van der Waals surface area contributed by atoms with Crippen LogP contribution in [0.4, 0.5) is 38.1 Å². The molecule has 0 radical (unpaired) electrons. The Morgan fingerprint density at radius 3 is 2.54 bits per heavy atom. The molecule has 5 heterocycles. The maximum atomic E-state index is 15.9. The molecule has 2 aliphatic heterocycles. The van der Waals surface area contributed by atoms with Gasteiger partial charge in [0.15, 0.2) is 0 Å². The molecule has 3 fully saturated rings. The lowest BCUT2D eigenvalue weighted by Gasteiger charge is -2.41. The van der Waals surface area contributed by atoms with E-state index in [4.69, 9.17) is 9.84 Å². The lowest BCUT2D eigenvalue weighted by Crippen LogP contribution is -2.49. The van der Waals surface area contributed by atoms with Gasteiger partial charge < -0.3 is 10.1 Å². The number of benzene rings is 2. The zero-order valence-electron chi connectivity index (χ0n) is 30.9. The van der Waals surface area contributed by atoms with Gasteiger partial charge in [-0.3, -0.25) is 34.4 Å². The maximum absolute atomic E-state index is 15.9. The number of imide groups is 1. The molecule has 1 aliphatic carbocycles. The summed E-state index contributed by atoms with van der Waals surface area (Å²) in [4.78, 5) is 48.0. The Morgan fingerprint density at radius 2 is 1.81 bits per heavy atom. The number of pyridine rings is 2. The topological polar surface area (TPSA) is 135 Å². The second kappa shape index (κ2) is 15.0. The number of hydrogen-bond donors (Lipinski definition) is 2. The van der Waals surface area contributed by atoms with Crippen LogP contribution in [-0.2, 0) is 11.0 Å². The van der Waals surface area contributed by atoms with Crippen LogP contribution < -0.4 is 20.3 Å². The number of alkyl halides is 5. The summed E-state index contributed by atoms with van der Waals surface area (Å²) in [6, 6.07) is 11.2. The van der Waals surface area contributed by atoms with Gasteiger partial charge in [-0.2, -0.15) is 18.3 Å². The summed E-state index contributed by atoms with van der Waals surface area (Å²) in [6.07, 6.45) is 4.04. The number of nitrogens with zero attached hydrogens (tertiary/aromatic N) is 6. The highest BCUT2D eigenvalue weighted by Crippen LogP contribution is 2.43. The van der Waals surface area contributed by atoms with Gasteiger partial charge in [0.2, 0.25) is 5.91 Å². The number of nitrogens with one attached hydrogen (secondary N) is 2. The van der Waals surface area contributed by atoms with Gasteiger partial charge in [-0.05, 0) is 74.4 Å². The van der Waals surface area contributed by atoms with Gasteiger partial charge in [-0.15, -0.1) is 0 Å². The monoisotopic (exact) mass is 790 g/mol. The van der Waals surface area contributed by atoms with Crippen molar-refractivity contribution in [3.05, 3.63) is 84.1 Å². The van der Waals surface area contributed by atoms with Gasteiger partial charge in [0.1, 0.15) is 17.1 Å². The number of piperidine rings is 1. The number of rotatable bonds is 8. The van der Waals surface area contributed by atoms with Crippen LogP contribution in [0.1, 0.15) is 72.2 Å². The van der Waals surface area contributed by atoms with E-state index in [1.165, 1.54) is 18.1 Å². The number of ether oxygens (including phenoxy) is 1. The van der Waals surface area contributed by atoms with Crippen molar-refractivity contribution in [2.24, 2.45) is 5.92 Å². The quantitative estimate of drug-likeness (QED) is 0.154. The van der Waals surface area contributed by atoms with Crippen molar-refractivity contribution >= 4 is 50.9 Å². The smallest absolute Gasteiger partial charge is 0.433 e. The molecule has 8 rings (SSSR count). The number of urea groups is 1. The maximum Gasteiger partial charge on any atom is 0.433 e. The fraction of sp³-hybridized carbons (Fsp3) is 0.400. The van der Waals surface area contributed by atoms with E-state index in [1.54, 1.807) is 42.7 Å². The van der Waals surface area contributed by atoms with Crippen molar-refractivity contribution in [1.29, 1.82) is 0 Å². The number of likely N-dealkylation sites (tertiary alicyclic amines) is 1. The van der Waals surface area contributed by atoms with Crippen LogP contribution in [0, 0.1) is 5.92 Å². The van der Waals surface area contributed by atoms with Crippen molar-refractivity contribution in [1.82, 2.24) is 30.0 Å². The van der Waals surface area contributed by atoms with Gasteiger partial charge in [-0.25, -0.2) is 18.6 Å². The Balaban J connectivity index is 0.879. The average Bonchev–Trinajstić information content (AvgIpc) is 3.60. The lowest BCUT2D eigenvalue weighted by atomic mass is 9.83. The van der Waals surface area contributed by atoms with Crippen LogP contribution in [0.3, 0.4) is 0 Å². The molecular weight excluding hydrogens is 751 g/mol. The Labute approximate surface area is 323 Å². The summed E-state index contributed by atoms with van der Waals surface area (Å²) < 4.78 is 78.5. The molecule has 1 unspecified atom stereocenters. The fourth-order valence-corrected chi connectivity index (χ4v) is 8.37. The third-order valence-corrected chi connectivity index (χ3v) is 11.3. The molecule has 298 valence electrons. The van der Waals surface area contributed by atoms with E-state index < -0.39 is 41.3 Å². The first-order chi connectivity index (χ1) is 27.3. The molecule has 5 aromatic rings. The summed E-state index contributed by atoms with van der Waals surface area (Å²) in [5.74, 6) is -4.56. The third kappa shape index (κ3) is 7.84. The number of fused-ring (bicyclic) bond motifs is 2. The molecule has 3 aliphatic rings. The minimum Gasteiger partial charge on any atom is -0.494 e. The Morgan fingerprint density at radius 1 is 1.00 bits per heavy atom. The Hall–Kier alpha value is -5.71. The van der Waals surface area contributed by atoms with E-state index >= 15 is 8.78 Å². The van der Waals surface area contributed by atoms with Crippen LogP contribution in [-0.4, -0.2) is 81.7 Å². The first kappa shape index (κ1) is 38.2. The fourth-order valence-electron chi connectivity index (χ4n) is 8.37. The number of methoxy groups -OCH3 is 1. The van der Waals surface area contributed by atoms with E-state index in [-0.39, 0.29) is 48.8 Å². The van der Waals surface area contributed by atoms with Gasteiger partial charge in [0, 0.05) is 54.1 Å². The first-order valence-electron chi connectivity index (χ1n) is 18.8. The molecule has 17 heteroatoms. The highest BCUT2D eigenvalue weighted by Gasteiger charge is 2.46. The lowest BCUT2D eigenvalue weighted by molar-refractivity contribution is -0.141. The van der Waals surface area contributed by atoms with E-state index in [9.17, 15) is 27.6 Å².